The summed E-state index contributed by atoms with van der Waals surface area (Å²) in [4.78, 5) is 21.5. The molecule has 1 aromatic heterocycles. The van der Waals surface area contributed by atoms with Gasteiger partial charge >= 0.3 is 0 Å². The molecular formula is C25H26N4OS2. The predicted octanol–water partition coefficient (Wildman–Crippen LogP) is 5.38. The van der Waals surface area contributed by atoms with E-state index in [4.69, 9.17) is 0 Å². The average Bonchev–Trinajstić information content (AvgIpc) is 3.21. The fourth-order valence-electron chi connectivity index (χ4n) is 5.33. The van der Waals surface area contributed by atoms with E-state index >= 15 is 0 Å². The first-order chi connectivity index (χ1) is 15.6. The molecule has 0 radical (unpaired) electrons. The minimum Gasteiger partial charge on any atom is -0.355 e. The standard InChI is InChI=1S/C25H26N4OS2/c1-14-17-12-29(24(30)22-23(32-15(2)26-22)16-8-4-3-5-9-16)20(21(14)17)13-31-25-27-18-10-6-7-11-19(18)28-25/h3-11,14,17,20-21,25,27-28H,12-13H2,1-2H3. The summed E-state index contributed by atoms with van der Waals surface area (Å²) >= 11 is 3.47. The highest BCUT2D eigenvalue weighted by atomic mass is 32.2. The van der Waals surface area contributed by atoms with Gasteiger partial charge in [0, 0.05) is 18.3 Å². The molecule has 0 spiro atoms. The van der Waals surface area contributed by atoms with Crippen LogP contribution < -0.4 is 10.6 Å². The highest BCUT2D eigenvalue weighted by molar-refractivity contribution is 8.00. The molecule has 2 N–H and O–H groups in total. The molecule has 4 atom stereocenters. The summed E-state index contributed by atoms with van der Waals surface area (Å²) in [6.07, 6.45) is 0. The van der Waals surface area contributed by atoms with Crippen LogP contribution in [0.4, 0.5) is 11.4 Å². The van der Waals surface area contributed by atoms with Crippen LogP contribution in [-0.4, -0.2) is 39.6 Å². The zero-order valence-electron chi connectivity index (χ0n) is 18.1. The van der Waals surface area contributed by atoms with Gasteiger partial charge in [-0.05, 0) is 42.4 Å². The normalized spacial score (nSPS) is 25.8. The third-order valence-corrected chi connectivity index (χ3v) is 9.18. The van der Waals surface area contributed by atoms with Crippen LogP contribution >= 0.6 is 23.1 Å². The second-order valence-electron chi connectivity index (χ2n) is 8.95. The van der Waals surface area contributed by atoms with Crippen LogP contribution in [0.25, 0.3) is 10.4 Å². The molecule has 1 amide bonds. The molecule has 6 rings (SSSR count). The third kappa shape index (κ3) is 3.39. The topological polar surface area (TPSA) is 57.3 Å². The lowest BCUT2D eigenvalue weighted by atomic mass is 10.1. The lowest BCUT2D eigenvalue weighted by molar-refractivity contribution is 0.0708. The van der Waals surface area contributed by atoms with Gasteiger partial charge in [-0.3, -0.25) is 4.79 Å². The van der Waals surface area contributed by atoms with E-state index in [9.17, 15) is 4.79 Å². The van der Waals surface area contributed by atoms with Gasteiger partial charge in [-0.2, -0.15) is 0 Å². The quantitative estimate of drug-likeness (QED) is 0.533. The van der Waals surface area contributed by atoms with Crippen LogP contribution in [0, 0.1) is 24.7 Å². The van der Waals surface area contributed by atoms with Crippen molar-refractivity contribution in [1.82, 2.24) is 9.88 Å². The van der Waals surface area contributed by atoms with Gasteiger partial charge in [-0.15, -0.1) is 23.1 Å². The maximum Gasteiger partial charge on any atom is 0.274 e. The van der Waals surface area contributed by atoms with Crippen molar-refractivity contribution in [1.29, 1.82) is 0 Å². The first kappa shape index (κ1) is 20.1. The van der Waals surface area contributed by atoms with Crippen LogP contribution in [-0.2, 0) is 0 Å². The minimum absolute atomic E-state index is 0.0915. The Hall–Kier alpha value is -2.51. The highest BCUT2D eigenvalue weighted by Crippen LogP contribution is 2.56. The van der Waals surface area contributed by atoms with E-state index in [1.807, 2.05) is 36.9 Å². The van der Waals surface area contributed by atoms with E-state index < -0.39 is 0 Å². The SMILES string of the molecule is Cc1nc(C(=O)N2CC3C(C)C3C2CSC2Nc3ccccc3N2)c(-c2ccccc2)s1. The third-order valence-electron chi connectivity index (χ3n) is 7.06. The lowest BCUT2D eigenvalue weighted by Crippen LogP contribution is -2.42. The number of rotatable bonds is 5. The van der Waals surface area contributed by atoms with E-state index in [0.717, 1.165) is 39.1 Å². The largest absolute Gasteiger partial charge is 0.355 e. The Balaban J connectivity index is 1.21. The molecule has 1 saturated heterocycles. The number of nitrogens with one attached hydrogen (secondary N) is 2. The first-order valence-corrected chi connectivity index (χ1v) is 13.0. The molecule has 1 saturated carbocycles. The number of amides is 1. The molecule has 1 aliphatic carbocycles. The van der Waals surface area contributed by atoms with Crippen molar-refractivity contribution in [2.75, 3.05) is 22.9 Å². The van der Waals surface area contributed by atoms with Gasteiger partial charge in [0.15, 0.2) is 0 Å². The van der Waals surface area contributed by atoms with Gasteiger partial charge in [0.2, 0.25) is 0 Å². The van der Waals surface area contributed by atoms with Crippen molar-refractivity contribution in [3.8, 4) is 10.4 Å². The number of aryl methyl sites for hydroxylation is 1. The Labute approximate surface area is 196 Å². The second kappa shape index (κ2) is 7.81. The van der Waals surface area contributed by atoms with Gasteiger partial charge in [0.1, 0.15) is 11.2 Å². The van der Waals surface area contributed by atoms with Gasteiger partial charge in [0.25, 0.3) is 5.91 Å². The van der Waals surface area contributed by atoms with Crippen LogP contribution in [0.15, 0.2) is 54.6 Å². The van der Waals surface area contributed by atoms with Gasteiger partial charge in [0.05, 0.1) is 21.3 Å². The summed E-state index contributed by atoms with van der Waals surface area (Å²) in [7, 11) is 0. The summed E-state index contributed by atoms with van der Waals surface area (Å²) in [5.74, 6) is 2.95. The highest BCUT2D eigenvalue weighted by Gasteiger charge is 2.60. The van der Waals surface area contributed by atoms with Gasteiger partial charge < -0.3 is 15.5 Å². The Kier molecular flexibility index (Phi) is 4.91. The number of nitrogens with zero attached hydrogens (tertiary/aromatic N) is 2. The fourth-order valence-corrected chi connectivity index (χ4v) is 7.46. The number of para-hydroxylation sites is 2. The Morgan fingerprint density at radius 3 is 2.53 bits per heavy atom. The van der Waals surface area contributed by atoms with E-state index in [-0.39, 0.29) is 17.4 Å². The molecule has 2 aliphatic heterocycles. The number of carbonyl (C=O) groups excluding carboxylic acids is 1. The molecule has 3 aromatic rings. The van der Waals surface area contributed by atoms with E-state index in [1.54, 1.807) is 11.3 Å². The van der Waals surface area contributed by atoms with Crippen molar-refractivity contribution in [2.45, 2.75) is 25.4 Å². The number of benzene rings is 2. The Morgan fingerprint density at radius 2 is 1.81 bits per heavy atom. The number of aromatic nitrogens is 1. The van der Waals surface area contributed by atoms with Gasteiger partial charge in [-0.1, -0.05) is 49.4 Å². The monoisotopic (exact) mass is 462 g/mol. The smallest absolute Gasteiger partial charge is 0.274 e. The number of anilines is 2. The molecule has 2 fully saturated rings. The second-order valence-corrected chi connectivity index (χ2v) is 11.3. The zero-order valence-corrected chi connectivity index (χ0v) is 19.7. The molecule has 32 heavy (non-hydrogen) atoms. The molecule has 4 unspecified atom stereocenters. The van der Waals surface area contributed by atoms with Crippen molar-refractivity contribution >= 4 is 40.4 Å². The Morgan fingerprint density at radius 1 is 1.12 bits per heavy atom. The average molecular weight is 463 g/mol. The van der Waals surface area contributed by atoms with Crippen LogP contribution in [0.1, 0.15) is 22.4 Å². The number of thiazole rings is 1. The number of fused-ring (bicyclic) bond motifs is 2. The summed E-state index contributed by atoms with van der Waals surface area (Å²) in [6.45, 7) is 5.17. The van der Waals surface area contributed by atoms with Crippen LogP contribution in [0.5, 0.6) is 0 Å². The van der Waals surface area contributed by atoms with Crippen molar-refractivity contribution in [3.05, 3.63) is 65.3 Å². The molecule has 3 aliphatic rings. The molecule has 2 aromatic carbocycles. The molecule has 7 heteroatoms. The summed E-state index contributed by atoms with van der Waals surface area (Å²) < 4.78 is 0. The molecule has 164 valence electrons. The molecule has 5 nitrogen and oxygen atoms in total. The minimum atomic E-state index is 0.0915. The number of carbonyl (C=O) groups is 1. The van der Waals surface area contributed by atoms with Crippen molar-refractivity contribution < 1.29 is 4.79 Å². The molecule has 3 heterocycles. The number of hydrogen-bond acceptors (Lipinski definition) is 6. The summed E-state index contributed by atoms with van der Waals surface area (Å²) in [6, 6.07) is 18.7. The number of hydrogen-bond donors (Lipinski definition) is 2. The lowest BCUT2D eigenvalue weighted by Gasteiger charge is -2.29. The molecule has 0 bridgehead atoms. The Bertz CT molecular complexity index is 1140. The summed E-state index contributed by atoms with van der Waals surface area (Å²) in [5.41, 5.74) is 4.12. The summed E-state index contributed by atoms with van der Waals surface area (Å²) in [5, 5.41) is 8.03. The maximum atomic E-state index is 13.7. The van der Waals surface area contributed by atoms with E-state index in [0.29, 0.717) is 23.4 Å². The van der Waals surface area contributed by atoms with Crippen LogP contribution in [0.3, 0.4) is 0 Å². The number of thioether (sulfide) groups is 1. The number of piperidine rings is 1. The molecular weight excluding hydrogens is 436 g/mol. The maximum absolute atomic E-state index is 13.7. The van der Waals surface area contributed by atoms with Crippen molar-refractivity contribution in [2.24, 2.45) is 17.8 Å². The van der Waals surface area contributed by atoms with Crippen LogP contribution in [0.2, 0.25) is 0 Å². The van der Waals surface area contributed by atoms with E-state index in [2.05, 4.69) is 63.8 Å². The van der Waals surface area contributed by atoms with Gasteiger partial charge in [-0.25, -0.2) is 4.98 Å². The predicted molar refractivity (Wildman–Crippen MR) is 133 cm³/mol. The first-order valence-electron chi connectivity index (χ1n) is 11.2. The number of likely N-dealkylation sites (tertiary alicyclic amines) is 1. The fraction of sp³-hybridized carbons (Fsp3) is 0.360. The van der Waals surface area contributed by atoms with E-state index in [1.165, 1.54) is 0 Å². The van der Waals surface area contributed by atoms with Crippen molar-refractivity contribution in [3.63, 3.8) is 0 Å². The zero-order chi connectivity index (χ0) is 21.8.